The molecule has 0 aromatic rings. The number of fused-ring (bicyclic) bond motifs is 2. The summed E-state index contributed by atoms with van der Waals surface area (Å²) in [5.41, 5.74) is 5.86. The van der Waals surface area contributed by atoms with E-state index in [0.717, 1.165) is 11.8 Å². The van der Waals surface area contributed by atoms with Crippen LogP contribution in [0.15, 0.2) is 0 Å². The normalized spacial score (nSPS) is 50.7. The van der Waals surface area contributed by atoms with Crippen LogP contribution in [0.5, 0.6) is 0 Å². The molecule has 1 aliphatic carbocycles. The van der Waals surface area contributed by atoms with Gasteiger partial charge in [0.2, 0.25) is 0 Å². The number of hydrogen-bond donors (Lipinski definition) is 1. The lowest BCUT2D eigenvalue weighted by Gasteiger charge is -2.51. The fourth-order valence-corrected chi connectivity index (χ4v) is 2.16. The molecule has 3 fully saturated rings. The number of piperidine rings is 2. The molecule has 2 saturated heterocycles. The van der Waals surface area contributed by atoms with Gasteiger partial charge in [-0.25, -0.2) is 0 Å². The van der Waals surface area contributed by atoms with Gasteiger partial charge in [0, 0.05) is 19.1 Å². The van der Waals surface area contributed by atoms with Gasteiger partial charge in [-0.3, -0.25) is 0 Å². The lowest BCUT2D eigenvalue weighted by Crippen LogP contribution is -2.60. The van der Waals surface area contributed by atoms with Crippen LogP contribution in [0.4, 0.5) is 0 Å². The van der Waals surface area contributed by atoms with Gasteiger partial charge in [-0.1, -0.05) is 0 Å². The van der Waals surface area contributed by atoms with Gasteiger partial charge in [0.25, 0.3) is 0 Å². The molecule has 9 heavy (non-hydrogen) atoms. The topological polar surface area (TPSA) is 29.3 Å². The lowest BCUT2D eigenvalue weighted by atomic mass is 9.67. The Labute approximate surface area is 56.0 Å². The Kier molecular flexibility index (Phi) is 1.08. The molecule has 3 atom stereocenters. The number of hydrogen-bond acceptors (Lipinski definition) is 2. The highest BCUT2D eigenvalue weighted by Crippen LogP contribution is 2.37. The second-order valence-corrected chi connectivity index (χ2v) is 3.55. The molecule has 2 bridgehead atoms. The molecule has 52 valence electrons. The van der Waals surface area contributed by atoms with Crippen LogP contribution >= 0.6 is 0 Å². The monoisotopic (exact) mass is 126 g/mol. The van der Waals surface area contributed by atoms with Gasteiger partial charge in [-0.05, 0) is 25.3 Å². The minimum absolute atomic E-state index is 0.543. The smallest absolute Gasteiger partial charge is 0.0120 e. The standard InChI is InChI=1S/C7H14N2/c1-9-3-5-2-6(4-9)7(5)8/h5-7H,2-4,8H2,1H3/t5-,6+,7?. The first-order chi connectivity index (χ1) is 4.27. The third-order valence-corrected chi connectivity index (χ3v) is 2.79. The van der Waals surface area contributed by atoms with Gasteiger partial charge in [-0.15, -0.1) is 0 Å². The first-order valence-electron chi connectivity index (χ1n) is 3.71. The van der Waals surface area contributed by atoms with E-state index < -0.39 is 0 Å². The van der Waals surface area contributed by atoms with E-state index >= 15 is 0 Å². The number of nitrogens with zero attached hydrogens (tertiary/aromatic N) is 1. The molecule has 0 radical (unpaired) electrons. The van der Waals surface area contributed by atoms with Crippen LogP contribution in [-0.2, 0) is 0 Å². The molecule has 1 saturated carbocycles. The molecule has 0 spiro atoms. The number of nitrogens with two attached hydrogens (primary N) is 1. The predicted molar refractivity (Wildman–Crippen MR) is 37.1 cm³/mol. The summed E-state index contributed by atoms with van der Waals surface area (Å²) in [5, 5.41) is 0. The fraction of sp³-hybridized carbons (Fsp3) is 1.00. The van der Waals surface area contributed by atoms with Crippen molar-refractivity contribution in [3.05, 3.63) is 0 Å². The summed E-state index contributed by atoms with van der Waals surface area (Å²) in [6.07, 6.45) is 1.39. The van der Waals surface area contributed by atoms with E-state index in [1.807, 2.05) is 0 Å². The van der Waals surface area contributed by atoms with Crippen molar-refractivity contribution < 1.29 is 0 Å². The summed E-state index contributed by atoms with van der Waals surface area (Å²) >= 11 is 0. The van der Waals surface area contributed by atoms with E-state index in [1.165, 1.54) is 19.5 Å². The van der Waals surface area contributed by atoms with E-state index in [4.69, 9.17) is 5.73 Å². The van der Waals surface area contributed by atoms with Crippen molar-refractivity contribution in [2.45, 2.75) is 12.5 Å². The maximum atomic E-state index is 5.86. The molecule has 2 heteroatoms. The van der Waals surface area contributed by atoms with Gasteiger partial charge in [0.05, 0.1) is 0 Å². The quantitative estimate of drug-likeness (QED) is 0.491. The Balaban J connectivity index is 2.01. The highest BCUT2D eigenvalue weighted by atomic mass is 15.1. The van der Waals surface area contributed by atoms with Gasteiger partial charge in [0.1, 0.15) is 0 Å². The van der Waals surface area contributed by atoms with Crippen molar-refractivity contribution in [2.24, 2.45) is 17.6 Å². The van der Waals surface area contributed by atoms with E-state index in [-0.39, 0.29) is 0 Å². The Morgan fingerprint density at radius 1 is 1.33 bits per heavy atom. The average Bonchev–Trinajstić information content (AvgIpc) is 1.87. The minimum atomic E-state index is 0.543. The van der Waals surface area contributed by atoms with Crippen molar-refractivity contribution in [2.75, 3.05) is 20.1 Å². The predicted octanol–water partition coefficient (Wildman–Crippen LogP) is -0.105. The van der Waals surface area contributed by atoms with Crippen molar-refractivity contribution >= 4 is 0 Å². The summed E-state index contributed by atoms with van der Waals surface area (Å²) in [6, 6.07) is 0.543. The number of rotatable bonds is 0. The van der Waals surface area contributed by atoms with Gasteiger partial charge < -0.3 is 10.6 Å². The molecule has 2 N–H and O–H groups in total. The molecule has 2 aliphatic heterocycles. The first kappa shape index (κ1) is 5.69. The molecule has 3 rings (SSSR count). The Morgan fingerprint density at radius 2 is 1.89 bits per heavy atom. The highest BCUT2D eigenvalue weighted by molar-refractivity contribution is 4.98. The SMILES string of the molecule is CN1C[C@H]2C[C@@H](C1)C2N. The van der Waals surface area contributed by atoms with Crippen molar-refractivity contribution in [1.82, 2.24) is 4.90 Å². The van der Waals surface area contributed by atoms with Gasteiger partial charge in [-0.2, -0.15) is 0 Å². The molecule has 0 aromatic heterocycles. The van der Waals surface area contributed by atoms with Crippen LogP contribution in [0.25, 0.3) is 0 Å². The lowest BCUT2D eigenvalue weighted by molar-refractivity contribution is 0.0171. The summed E-state index contributed by atoms with van der Waals surface area (Å²) in [4.78, 5) is 2.39. The molecule has 2 nitrogen and oxygen atoms in total. The largest absolute Gasteiger partial charge is 0.327 e. The van der Waals surface area contributed by atoms with E-state index in [1.54, 1.807) is 0 Å². The zero-order valence-electron chi connectivity index (χ0n) is 5.88. The second kappa shape index (κ2) is 1.70. The van der Waals surface area contributed by atoms with Gasteiger partial charge in [0.15, 0.2) is 0 Å². The van der Waals surface area contributed by atoms with Crippen LogP contribution in [0.2, 0.25) is 0 Å². The third kappa shape index (κ3) is 0.700. The van der Waals surface area contributed by atoms with Crippen LogP contribution in [-0.4, -0.2) is 31.1 Å². The molecular weight excluding hydrogens is 112 g/mol. The van der Waals surface area contributed by atoms with Crippen molar-refractivity contribution in [3.63, 3.8) is 0 Å². The molecule has 1 unspecified atom stereocenters. The minimum Gasteiger partial charge on any atom is -0.327 e. The zero-order valence-corrected chi connectivity index (χ0v) is 5.88. The molecule has 0 aromatic carbocycles. The van der Waals surface area contributed by atoms with Crippen LogP contribution < -0.4 is 5.73 Å². The molecule has 3 aliphatic rings. The average molecular weight is 126 g/mol. The first-order valence-corrected chi connectivity index (χ1v) is 3.71. The summed E-state index contributed by atoms with van der Waals surface area (Å²) in [6.45, 7) is 2.47. The van der Waals surface area contributed by atoms with E-state index in [0.29, 0.717) is 6.04 Å². The Bertz CT molecular complexity index is 112. The maximum absolute atomic E-state index is 5.86. The second-order valence-electron chi connectivity index (χ2n) is 3.55. The van der Waals surface area contributed by atoms with Crippen LogP contribution in [0, 0.1) is 11.8 Å². The van der Waals surface area contributed by atoms with Crippen LogP contribution in [0.1, 0.15) is 6.42 Å². The fourth-order valence-electron chi connectivity index (χ4n) is 2.16. The summed E-state index contributed by atoms with van der Waals surface area (Å²) < 4.78 is 0. The Hall–Kier alpha value is -0.0800. The van der Waals surface area contributed by atoms with E-state index in [9.17, 15) is 0 Å². The summed E-state index contributed by atoms with van der Waals surface area (Å²) in [5.74, 6) is 1.66. The van der Waals surface area contributed by atoms with Crippen molar-refractivity contribution in [1.29, 1.82) is 0 Å². The maximum Gasteiger partial charge on any atom is 0.0120 e. The van der Waals surface area contributed by atoms with Gasteiger partial charge >= 0.3 is 0 Å². The molecular formula is C7H14N2. The Morgan fingerprint density at radius 3 is 2.22 bits per heavy atom. The van der Waals surface area contributed by atoms with Crippen molar-refractivity contribution in [3.8, 4) is 0 Å². The summed E-state index contributed by atoms with van der Waals surface area (Å²) in [7, 11) is 2.19. The molecule has 2 heterocycles. The van der Waals surface area contributed by atoms with Crippen LogP contribution in [0.3, 0.4) is 0 Å². The third-order valence-electron chi connectivity index (χ3n) is 2.79. The molecule has 0 amide bonds. The zero-order chi connectivity index (χ0) is 6.43. The van der Waals surface area contributed by atoms with E-state index in [2.05, 4.69) is 11.9 Å². The highest BCUT2D eigenvalue weighted by Gasteiger charge is 2.43.